The van der Waals surface area contributed by atoms with Crippen molar-refractivity contribution in [2.45, 2.75) is 12.8 Å². The fourth-order valence-corrected chi connectivity index (χ4v) is 1.57. The molecule has 0 unspecified atom stereocenters. The van der Waals surface area contributed by atoms with E-state index in [1.165, 1.54) is 25.0 Å². The third-order valence-corrected chi connectivity index (χ3v) is 2.78. The van der Waals surface area contributed by atoms with Gasteiger partial charge in [-0.2, -0.15) is 5.26 Å². The van der Waals surface area contributed by atoms with Crippen LogP contribution >= 0.6 is 0 Å². The third kappa shape index (κ3) is 3.89. The molecule has 1 fully saturated rings. The van der Waals surface area contributed by atoms with Gasteiger partial charge < -0.3 is 10.1 Å². The Kier molecular flexibility index (Phi) is 4.26. The zero-order valence-corrected chi connectivity index (χ0v) is 10.3. The number of nitrogens with zero attached hydrogens (tertiary/aromatic N) is 3. The first-order valence-electron chi connectivity index (χ1n) is 6.08. The molecule has 7 heteroatoms. The molecule has 0 saturated heterocycles. The fourth-order valence-electron chi connectivity index (χ4n) is 1.57. The Bertz CT molecular complexity index is 508. The van der Waals surface area contributed by atoms with Crippen LogP contribution in [0.15, 0.2) is 12.1 Å². The topological polar surface area (TPSA) is 101 Å². The van der Waals surface area contributed by atoms with Crippen LogP contribution in [0.1, 0.15) is 18.5 Å². The van der Waals surface area contributed by atoms with Crippen molar-refractivity contribution in [2.24, 2.45) is 5.92 Å². The summed E-state index contributed by atoms with van der Waals surface area (Å²) in [6.45, 7) is 1.90. The van der Waals surface area contributed by atoms with Gasteiger partial charge in [0.1, 0.15) is 11.9 Å². The SMILES string of the molecule is N#Cc1nc(NCCOCC2CC2)ccc1[N+](=O)[O-]. The van der Waals surface area contributed by atoms with E-state index in [2.05, 4.69) is 10.3 Å². The summed E-state index contributed by atoms with van der Waals surface area (Å²) in [5, 5.41) is 22.4. The van der Waals surface area contributed by atoms with Crippen LogP contribution < -0.4 is 5.32 Å². The minimum Gasteiger partial charge on any atom is -0.379 e. The van der Waals surface area contributed by atoms with Gasteiger partial charge in [0, 0.05) is 19.2 Å². The lowest BCUT2D eigenvalue weighted by molar-refractivity contribution is -0.385. The first-order chi connectivity index (χ1) is 9.20. The lowest BCUT2D eigenvalue weighted by Gasteiger charge is -2.06. The number of hydrogen-bond donors (Lipinski definition) is 1. The molecule has 0 spiro atoms. The van der Waals surface area contributed by atoms with Crippen LogP contribution in [0.3, 0.4) is 0 Å². The summed E-state index contributed by atoms with van der Waals surface area (Å²) in [5.74, 6) is 1.17. The van der Waals surface area contributed by atoms with Gasteiger partial charge in [-0.1, -0.05) is 0 Å². The highest BCUT2D eigenvalue weighted by Gasteiger charge is 2.20. The molecule has 2 rings (SSSR count). The molecule has 19 heavy (non-hydrogen) atoms. The molecule has 1 N–H and O–H groups in total. The van der Waals surface area contributed by atoms with Crippen LogP contribution in [0, 0.1) is 27.4 Å². The lowest BCUT2D eigenvalue weighted by Crippen LogP contribution is -2.12. The van der Waals surface area contributed by atoms with E-state index in [1.807, 2.05) is 0 Å². The molecular weight excluding hydrogens is 248 g/mol. The van der Waals surface area contributed by atoms with E-state index in [0.717, 1.165) is 12.5 Å². The number of hydrogen-bond acceptors (Lipinski definition) is 6. The first kappa shape index (κ1) is 13.2. The molecule has 1 aliphatic rings. The highest BCUT2D eigenvalue weighted by atomic mass is 16.6. The zero-order chi connectivity index (χ0) is 13.7. The van der Waals surface area contributed by atoms with Gasteiger partial charge in [-0.3, -0.25) is 10.1 Å². The number of nitro groups is 1. The molecule has 1 aromatic rings. The summed E-state index contributed by atoms with van der Waals surface area (Å²) < 4.78 is 5.43. The molecule has 0 atom stereocenters. The number of ether oxygens (including phenoxy) is 1. The van der Waals surface area contributed by atoms with Crippen molar-refractivity contribution in [1.29, 1.82) is 5.26 Å². The van der Waals surface area contributed by atoms with E-state index in [-0.39, 0.29) is 11.4 Å². The van der Waals surface area contributed by atoms with Crippen LogP contribution in [0.2, 0.25) is 0 Å². The Hall–Kier alpha value is -2.20. The maximum atomic E-state index is 10.6. The summed E-state index contributed by atoms with van der Waals surface area (Å²) in [6.07, 6.45) is 2.51. The summed E-state index contributed by atoms with van der Waals surface area (Å²) in [7, 11) is 0. The summed E-state index contributed by atoms with van der Waals surface area (Å²) in [5.41, 5.74) is -0.466. The van der Waals surface area contributed by atoms with E-state index < -0.39 is 4.92 Å². The summed E-state index contributed by atoms with van der Waals surface area (Å²) in [4.78, 5) is 13.9. The molecule has 100 valence electrons. The van der Waals surface area contributed by atoms with E-state index in [0.29, 0.717) is 19.0 Å². The summed E-state index contributed by atoms with van der Waals surface area (Å²) >= 11 is 0. The standard InChI is InChI=1S/C12H14N4O3/c13-7-10-11(16(17)18)3-4-12(15-10)14-5-6-19-8-9-1-2-9/h3-4,9H,1-2,5-6,8H2,(H,14,15). The second-order valence-electron chi connectivity index (χ2n) is 4.38. The molecule has 1 heterocycles. The number of nitrogens with one attached hydrogen (secondary N) is 1. The van der Waals surface area contributed by atoms with Gasteiger partial charge in [-0.15, -0.1) is 0 Å². The Balaban J connectivity index is 1.82. The van der Waals surface area contributed by atoms with Crippen molar-refractivity contribution in [3.8, 4) is 6.07 Å². The molecule has 0 amide bonds. The maximum Gasteiger partial charge on any atom is 0.305 e. The molecule has 0 aliphatic heterocycles. The van der Waals surface area contributed by atoms with Crippen LogP contribution in [-0.2, 0) is 4.74 Å². The molecule has 0 aromatic carbocycles. The van der Waals surface area contributed by atoms with Crippen molar-refractivity contribution in [3.63, 3.8) is 0 Å². The molecule has 1 aromatic heterocycles. The van der Waals surface area contributed by atoms with Crippen LogP contribution in [-0.4, -0.2) is 29.7 Å². The van der Waals surface area contributed by atoms with E-state index >= 15 is 0 Å². The molecule has 1 saturated carbocycles. The van der Waals surface area contributed by atoms with Crippen molar-refractivity contribution in [1.82, 2.24) is 4.98 Å². The third-order valence-electron chi connectivity index (χ3n) is 2.78. The zero-order valence-electron chi connectivity index (χ0n) is 10.3. The number of aromatic nitrogens is 1. The molecule has 0 radical (unpaired) electrons. The number of nitriles is 1. The van der Waals surface area contributed by atoms with Gasteiger partial charge in [-0.05, 0) is 24.8 Å². The lowest BCUT2D eigenvalue weighted by atomic mass is 10.3. The normalized spacial score (nSPS) is 13.8. The summed E-state index contributed by atoms with van der Waals surface area (Å²) in [6, 6.07) is 4.48. The van der Waals surface area contributed by atoms with Crippen molar-refractivity contribution < 1.29 is 9.66 Å². The largest absolute Gasteiger partial charge is 0.379 e. The quantitative estimate of drug-likeness (QED) is 0.456. The number of pyridine rings is 1. The van der Waals surface area contributed by atoms with Crippen LogP contribution in [0.4, 0.5) is 11.5 Å². The minimum absolute atomic E-state index is 0.186. The Labute approximate surface area is 110 Å². The average molecular weight is 262 g/mol. The van der Waals surface area contributed by atoms with E-state index in [4.69, 9.17) is 10.00 Å². The Morgan fingerprint density at radius 3 is 3.00 bits per heavy atom. The van der Waals surface area contributed by atoms with Crippen molar-refractivity contribution >= 4 is 11.5 Å². The molecule has 0 bridgehead atoms. The molecular formula is C12H14N4O3. The maximum absolute atomic E-state index is 10.6. The monoisotopic (exact) mass is 262 g/mol. The average Bonchev–Trinajstić information content (AvgIpc) is 3.22. The highest BCUT2D eigenvalue weighted by Crippen LogP contribution is 2.28. The Morgan fingerprint density at radius 2 is 2.37 bits per heavy atom. The van der Waals surface area contributed by atoms with E-state index in [9.17, 15) is 10.1 Å². The molecule has 7 nitrogen and oxygen atoms in total. The van der Waals surface area contributed by atoms with E-state index in [1.54, 1.807) is 6.07 Å². The second kappa shape index (κ2) is 6.11. The fraction of sp³-hybridized carbons (Fsp3) is 0.500. The van der Waals surface area contributed by atoms with Gasteiger partial charge in [-0.25, -0.2) is 4.98 Å². The van der Waals surface area contributed by atoms with Gasteiger partial charge in [0.25, 0.3) is 0 Å². The van der Waals surface area contributed by atoms with Gasteiger partial charge in [0.2, 0.25) is 5.69 Å². The van der Waals surface area contributed by atoms with Crippen molar-refractivity contribution in [2.75, 3.05) is 25.1 Å². The van der Waals surface area contributed by atoms with Gasteiger partial charge >= 0.3 is 5.69 Å². The minimum atomic E-state index is -0.617. The number of rotatable bonds is 7. The predicted molar refractivity (Wildman–Crippen MR) is 67.6 cm³/mol. The van der Waals surface area contributed by atoms with Crippen LogP contribution in [0.5, 0.6) is 0 Å². The Morgan fingerprint density at radius 1 is 1.58 bits per heavy atom. The highest BCUT2D eigenvalue weighted by molar-refractivity contribution is 5.50. The smallest absolute Gasteiger partial charge is 0.305 e. The first-order valence-corrected chi connectivity index (χ1v) is 6.08. The molecule has 1 aliphatic carbocycles. The number of anilines is 1. The van der Waals surface area contributed by atoms with Crippen LogP contribution in [0.25, 0.3) is 0 Å². The van der Waals surface area contributed by atoms with Gasteiger partial charge in [0.15, 0.2) is 0 Å². The van der Waals surface area contributed by atoms with Crippen molar-refractivity contribution in [3.05, 3.63) is 27.9 Å². The second-order valence-corrected chi connectivity index (χ2v) is 4.38. The predicted octanol–water partition coefficient (Wildman–Crippen LogP) is 1.70. The van der Waals surface area contributed by atoms with Gasteiger partial charge in [0.05, 0.1) is 11.5 Å².